The van der Waals surface area contributed by atoms with Gasteiger partial charge < -0.3 is 29.9 Å². The number of anilines is 2. The number of ether oxygens (including phenoxy) is 2. The molecule has 2 atom stereocenters. The number of aliphatic hydroxyl groups excluding tert-OH is 1. The quantitative estimate of drug-likeness (QED) is 0.646. The van der Waals surface area contributed by atoms with E-state index in [-0.39, 0.29) is 67.7 Å². The zero-order chi connectivity index (χ0) is 23.0. The molecule has 1 fully saturated rings. The molecule has 10 heteroatoms. The van der Waals surface area contributed by atoms with Crippen molar-refractivity contribution in [3.05, 3.63) is 47.3 Å². The summed E-state index contributed by atoms with van der Waals surface area (Å²) in [6.07, 6.45) is -0.945. The average Bonchev–Trinajstić information content (AvgIpc) is 2.75. The Hall–Kier alpha value is -2.98. The average molecular weight is 452 g/mol. The van der Waals surface area contributed by atoms with E-state index in [1.54, 1.807) is 0 Å². The van der Waals surface area contributed by atoms with Gasteiger partial charge in [0.15, 0.2) is 11.6 Å². The first-order valence-corrected chi connectivity index (χ1v) is 10.1. The number of β-amino-alcohol motifs (C(OH)–C–C–N with tert-alkyl or cyclic N) is 1. The Morgan fingerprint density at radius 1 is 1.19 bits per heavy atom. The van der Waals surface area contributed by atoms with Crippen LogP contribution >= 0.6 is 0 Å². The summed E-state index contributed by atoms with van der Waals surface area (Å²) < 4.78 is 53.4. The number of fused-ring (bicyclic) bond motifs is 1. The summed E-state index contributed by atoms with van der Waals surface area (Å²) in [5.74, 6) is -2.24. The van der Waals surface area contributed by atoms with Crippen molar-refractivity contribution in [2.45, 2.75) is 31.0 Å². The number of nitrogens with one attached hydrogen (secondary N) is 1. The smallest absolute Gasteiger partial charge is 0.224 e. The fourth-order valence-electron chi connectivity index (χ4n) is 4.06. The van der Waals surface area contributed by atoms with E-state index in [1.165, 1.54) is 18.1 Å². The molecule has 2 aliphatic heterocycles. The molecule has 0 spiro atoms. The number of aliphatic hydroxyl groups is 2. The molecule has 0 radical (unpaired) electrons. The molecule has 0 bridgehead atoms. The molecule has 2 heterocycles. The van der Waals surface area contributed by atoms with E-state index in [2.05, 4.69) is 5.32 Å². The lowest BCUT2D eigenvalue weighted by Crippen LogP contribution is -2.58. The molecular weight excluding hydrogens is 429 g/mol. The molecule has 4 rings (SSSR count). The Morgan fingerprint density at radius 2 is 1.91 bits per heavy atom. The molecule has 2 aliphatic rings. The van der Waals surface area contributed by atoms with Gasteiger partial charge in [-0.2, -0.15) is 0 Å². The van der Waals surface area contributed by atoms with E-state index in [4.69, 9.17) is 9.47 Å². The summed E-state index contributed by atoms with van der Waals surface area (Å²) in [7, 11) is 1.30. The molecule has 2 aromatic carbocycles. The lowest BCUT2D eigenvalue weighted by atomic mass is 9.89. The van der Waals surface area contributed by atoms with Crippen LogP contribution in [0.25, 0.3) is 0 Å². The summed E-state index contributed by atoms with van der Waals surface area (Å²) in [6, 6.07) is 4.65. The second-order valence-corrected chi connectivity index (χ2v) is 7.99. The standard InChI is InChI=1S/C22H23F3N2O5/c1-31-12-8-15(24)21(16(25)9-12)27-7-6-22(30,18(28)10-27)11-32-17-4-3-14(23)20-13(17)2-5-19(29)26-20/h3-4,8-9,18,28,30H,2,5-7,10-11H2,1H3,(H,26,29)/t18-,22-/m1/s1. The van der Waals surface area contributed by atoms with Gasteiger partial charge in [-0.15, -0.1) is 0 Å². The maximum Gasteiger partial charge on any atom is 0.224 e. The monoisotopic (exact) mass is 452 g/mol. The highest BCUT2D eigenvalue weighted by Crippen LogP contribution is 2.36. The van der Waals surface area contributed by atoms with Crippen molar-refractivity contribution in [2.75, 3.05) is 37.0 Å². The van der Waals surface area contributed by atoms with Crippen molar-refractivity contribution in [2.24, 2.45) is 0 Å². The minimum absolute atomic E-state index is 0.0286. The molecule has 0 aliphatic carbocycles. The predicted octanol–water partition coefficient (Wildman–Crippen LogP) is 2.38. The number of methoxy groups -OCH3 is 1. The van der Waals surface area contributed by atoms with Crippen molar-refractivity contribution in [1.29, 1.82) is 0 Å². The van der Waals surface area contributed by atoms with Gasteiger partial charge in [0.05, 0.1) is 12.8 Å². The second kappa shape index (κ2) is 8.51. The molecule has 0 saturated carbocycles. The number of hydrogen-bond acceptors (Lipinski definition) is 6. The first-order valence-electron chi connectivity index (χ1n) is 10.1. The van der Waals surface area contributed by atoms with Crippen LogP contribution in [0.4, 0.5) is 24.5 Å². The maximum atomic E-state index is 14.4. The van der Waals surface area contributed by atoms with Crippen molar-refractivity contribution < 1.29 is 37.7 Å². The van der Waals surface area contributed by atoms with Crippen LogP contribution in [0.3, 0.4) is 0 Å². The molecule has 0 unspecified atom stereocenters. The van der Waals surface area contributed by atoms with Gasteiger partial charge in [-0.1, -0.05) is 0 Å². The van der Waals surface area contributed by atoms with E-state index in [9.17, 15) is 28.2 Å². The van der Waals surface area contributed by atoms with Gasteiger partial charge in [-0.05, 0) is 25.0 Å². The first kappa shape index (κ1) is 22.2. The van der Waals surface area contributed by atoms with Crippen molar-refractivity contribution in [3.8, 4) is 11.5 Å². The van der Waals surface area contributed by atoms with E-state index in [0.29, 0.717) is 5.56 Å². The number of piperidine rings is 1. The molecule has 1 amide bonds. The molecular formula is C22H23F3N2O5. The topological polar surface area (TPSA) is 91.3 Å². The second-order valence-electron chi connectivity index (χ2n) is 7.99. The third kappa shape index (κ3) is 4.07. The summed E-state index contributed by atoms with van der Waals surface area (Å²) in [6.45, 7) is -0.478. The lowest BCUT2D eigenvalue weighted by molar-refractivity contribution is -0.116. The van der Waals surface area contributed by atoms with E-state index in [0.717, 1.165) is 18.2 Å². The largest absolute Gasteiger partial charge is 0.497 e. The molecule has 32 heavy (non-hydrogen) atoms. The summed E-state index contributed by atoms with van der Waals surface area (Å²) >= 11 is 0. The molecule has 3 N–H and O–H groups in total. The van der Waals surface area contributed by atoms with E-state index in [1.807, 2.05) is 0 Å². The van der Waals surface area contributed by atoms with Crippen molar-refractivity contribution >= 4 is 17.3 Å². The normalized spacial score (nSPS) is 22.9. The van der Waals surface area contributed by atoms with Gasteiger partial charge in [0.2, 0.25) is 5.91 Å². The zero-order valence-electron chi connectivity index (χ0n) is 17.3. The minimum atomic E-state index is -1.69. The third-order valence-electron chi connectivity index (χ3n) is 5.93. The number of carbonyl (C=O) groups excluding carboxylic acids is 1. The van der Waals surface area contributed by atoms with Gasteiger partial charge in [0.1, 0.15) is 41.3 Å². The lowest BCUT2D eigenvalue weighted by Gasteiger charge is -2.42. The molecule has 7 nitrogen and oxygen atoms in total. The van der Waals surface area contributed by atoms with Crippen molar-refractivity contribution in [3.63, 3.8) is 0 Å². The van der Waals surface area contributed by atoms with Crippen LogP contribution in [-0.4, -0.2) is 54.6 Å². The Kier molecular flexibility index (Phi) is 5.91. The first-order chi connectivity index (χ1) is 15.2. The molecule has 0 aromatic heterocycles. The Morgan fingerprint density at radius 3 is 2.56 bits per heavy atom. The van der Waals surface area contributed by atoms with E-state index < -0.39 is 29.2 Å². The molecule has 2 aromatic rings. The molecule has 172 valence electrons. The van der Waals surface area contributed by atoms with Gasteiger partial charge >= 0.3 is 0 Å². The number of carbonyl (C=O) groups is 1. The van der Waals surface area contributed by atoms with Gasteiger partial charge in [0.25, 0.3) is 0 Å². The number of nitrogens with zero attached hydrogens (tertiary/aromatic N) is 1. The summed E-state index contributed by atoms with van der Waals surface area (Å²) in [5, 5.41) is 24.0. The van der Waals surface area contributed by atoms with Crippen LogP contribution in [0.2, 0.25) is 0 Å². The molecule has 1 saturated heterocycles. The highest BCUT2D eigenvalue weighted by atomic mass is 19.1. The van der Waals surface area contributed by atoms with Crippen LogP contribution in [0.1, 0.15) is 18.4 Å². The van der Waals surface area contributed by atoms with Crippen LogP contribution in [-0.2, 0) is 11.2 Å². The number of benzene rings is 2. The zero-order valence-corrected chi connectivity index (χ0v) is 17.3. The highest BCUT2D eigenvalue weighted by molar-refractivity contribution is 5.94. The number of halogens is 3. The maximum absolute atomic E-state index is 14.4. The SMILES string of the molecule is COc1cc(F)c(N2CC[C@@](O)(COc3ccc(F)c4c3CCC(=O)N4)[C@H](O)C2)c(F)c1. The summed E-state index contributed by atoms with van der Waals surface area (Å²) in [4.78, 5) is 12.9. The predicted molar refractivity (Wildman–Crippen MR) is 110 cm³/mol. The Labute approximate surface area is 182 Å². The van der Waals surface area contributed by atoms with Crippen LogP contribution in [0.5, 0.6) is 11.5 Å². The third-order valence-corrected chi connectivity index (χ3v) is 5.93. The van der Waals surface area contributed by atoms with Crippen LogP contribution < -0.4 is 19.7 Å². The number of rotatable bonds is 5. The highest BCUT2D eigenvalue weighted by Gasteiger charge is 2.43. The minimum Gasteiger partial charge on any atom is -0.497 e. The number of amides is 1. The fraction of sp³-hybridized carbons (Fsp3) is 0.409. The van der Waals surface area contributed by atoms with Gasteiger partial charge in [-0.3, -0.25) is 4.79 Å². The Bertz CT molecular complexity index is 1030. The fourth-order valence-corrected chi connectivity index (χ4v) is 4.06. The van der Waals surface area contributed by atoms with Gasteiger partial charge in [0, 0.05) is 37.2 Å². The van der Waals surface area contributed by atoms with Gasteiger partial charge in [-0.25, -0.2) is 13.2 Å². The van der Waals surface area contributed by atoms with Crippen molar-refractivity contribution in [1.82, 2.24) is 0 Å². The van der Waals surface area contributed by atoms with E-state index >= 15 is 0 Å². The number of hydrogen-bond donors (Lipinski definition) is 3. The van der Waals surface area contributed by atoms with Crippen LogP contribution in [0, 0.1) is 17.5 Å². The summed E-state index contributed by atoms with van der Waals surface area (Å²) in [5.41, 5.74) is -1.47. The van der Waals surface area contributed by atoms with Crippen LogP contribution in [0.15, 0.2) is 24.3 Å². The Balaban J connectivity index is 1.47.